The minimum absolute atomic E-state index is 0.0975. The molecule has 0 aliphatic carbocycles. The maximum absolute atomic E-state index is 12.6. The quantitative estimate of drug-likeness (QED) is 0.854. The molecule has 0 unspecified atom stereocenters. The molecule has 2 N–H and O–H groups in total. The number of nitrogens with two attached hydrogens (primary N) is 1. The number of nitriles is 1. The van der Waals surface area contributed by atoms with E-state index >= 15 is 0 Å². The summed E-state index contributed by atoms with van der Waals surface area (Å²) in [6.07, 6.45) is -3.21. The second-order valence-corrected chi connectivity index (χ2v) is 4.74. The van der Waals surface area contributed by atoms with Gasteiger partial charge in [0, 0.05) is 6.20 Å². The Morgan fingerprint density at radius 3 is 2.10 bits per heavy atom. The third-order valence-electron chi connectivity index (χ3n) is 2.56. The van der Waals surface area contributed by atoms with Crippen LogP contribution in [0, 0.1) is 11.3 Å². The zero-order chi connectivity index (χ0) is 15.1. The molecule has 0 bridgehead atoms. The van der Waals surface area contributed by atoms with Crippen molar-refractivity contribution in [3.05, 3.63) is 45.6 Å². The molecule has 20 heavy (non-hydrogen) atoms. The van der Waals surface area contributed by atoms with Crippen molar-refractivity contribution in [2.24, 2.45) is 0 Å². The smallest absolute Gasteiger partial charge is 0.385 e. The van der Waals surface area contributed by atoms with Crippen LogP contribution >= 0.6 is 23.2 Å². The first-order valence-electron chi connectivity index (χ1n) is 5.18. The average Bonchev–Trinajstić information content (AvgIpc) is 2.69. The van der Waals surface area contributed by atoms with Crippen LogP contribution in [0.25, 0.3) is 5.69 Å². The zero-order valence-electron chi connectivity index (χ0n) is 9.67. The van der Waals surface area contributed by atoms with Gasteiger partial charge in [0.05, 0.1) is 26.9 Å². The van der Waals surface area contributed by atoms with E-state index in [4.69, 9.17) is 34.2 Å². The van der Waals surface area contributed by atoms with Crippen LogP contribution < -0.4 is 5.73 Å². The topological polar surface area (TPSA) is 54.7 Å². The summed E-state index contributed by atoms with van der Waals surface area (Å²) in [6, 6.07) is 4.75. The number of rotatable bonds is 1. The van der Waals surface area contributed by atoms with Crippen LogP contribution in [0.4, 0.5) is 19.0 Å². The summed E-state index contributed by atoms with van der Waals surface area (Å²) in [5.74, 6) is 0.144. The predicted molar refractivity (Wildman–Crippen MR) is 69.9 cm³/mol. The average molecular weight is 320 g/mol. The number of nitrogen functional groups attached to an aromatic ring is 1. The van der Waals surface area contributed by atoms with Gasteiger partial charge in [-0.05, 0) is 18.2 Å². The van der Waals surface area contributed by atoms with Gasteiger partial charge in [-0.25, -0.2) is 0 Å². The molecule has 1 aromatic heterocycles. The summed E-state index contributed by atoms with van der Waals surface area (Å²) >= 11 is 11.7. The Morgan fingerprint density at radius 2 is 1.70 bits per heavy atom. The Balaban J connectivity index is 2.64. The van der Waals surface area contributed by atoms with Gasteiger partial charge in [-0.15, -0.1) is 0 Å². The van der Waals surface area contributed by atoms with Crippen LogP contribution in [0.3, 0.4) is 0 Å². The van der Waals surface area contributed by atoms with Crippen molar-refractivity contribution in [1.29, 1.82) is 5.26 Å². The lowest BCUT2D eigenvalue weighted by Gasteiger charge is -2.14. The van der Waals surface area contributed by atoms with E-state index < -0.39 is 11.7 Å². The molecule has 0 amide bonds. The maximum Gasteiger partial charge on any atom is 0.416 e. The predicted octanol–water partition coefficient (Wildman–Crippen LogP) is 4.26. The summed E-state index contributed by atoms with van der Waals surface area (Å²) < 4.78 is 39.2. The number of aromatic nitrogens is 1. The van der Waals surface area contributed by atoms with E-state index in [1.807, 2.05) is 6.07 Å². The standard InChI is InChI=1S/C12H6Cl2F3N3/c13-8-2-7(12(15,16)17)3-9(14)11(8)20-5-6(4-18)1-10(20)19/h1-3,5H,19H2. The van der Waals surface area contributed by atoms with Crippen LogP contribution in [-0.2, 0) is 6.18 Å². The monoisotopic (exact) mass is 319 g/mol. The van der Waals surface area contributed by atoms with Gasteiger partial charge >= 0.3 is 6.18 Å². The molecular weight excluding hydrogens is 314 g/mol. The molecule has 2 aromatic rings. The Morgan fingerprint density at radius 1 is 1.15 bits per heavy atom. The Bertz CT molecular complexity index is 691. The molecular formula is C12H6Cl2F3N3. The van der Waals surface area contributed by atoms with Gasteiger partial charge in [-0.2, -0.15) is 18.4 Å². The molecule has 0 aliphatic heterocycles. The molecule has 0 aliphatic rings. The minimum atomic E-state index is -4.55. The fourth-order valence-corrected chi connectivity index (χ4v) is 2.36. The first kappa shape index (κ1) is 14.6. The van der Waals surface area contributed by atoms with Gasteiger partial charge in [-0.3, -0.25) is 4.57 Å². The molecule has 0 atom stereocenters. The third-order valence-corrected chi connectivity index (χ3v) is 3.14. The zero-order valence-corrected chi connectivity index (χ0v) is 11.2. The first-order chi connectivity index (χ1) is 9.24. The van der Waals surface area contributed by atoms with Crippen molar-refractivity contribution >= 4 is 29.0 Å². The number of benzene rings is 1. The Kier molecular flexibility index (Phi) is 3.59. The summed E-state index contributed by atoms with van der Waals surface area (Å²) in [4.78, 5) is 0. The molecule has 0 saturated carbocycles. The van der Waals surface area contributed by atoms with Crippen LogP contribution in [-0.4, -0.2) is 4.57 Å². The van der Waals surface area contributed by atoms with E-state index in [0.29, 0.717) is 0 Å². The SMILES string of the molecule is N#Cc1cc(N)n(-c2c(Cl)cc(C(F)(F)F)cc2Cl)c1. The van der Waals surface area contributed by atoms with Crippen molar-refractivity contribution in [2.45, 2.75) is 6.18 Å². The summed E-state index contributed by atoms with van der Waals surface area (Å²) in [5.41, 5.74) is 5.07. The molecule has 104 valence electrons. The van der Waals surface area contributed by atoms with Gasteiger partial charge < -0.3 is 5.73 Å². The Hall–Kier alpha value is -1.84. The van der Waals surface area contributed by atoms with Crippen LogP contribution in [0.5, 0.6) is 0 Å². The van der Waals surface area contributed by atoms with Gasteiger partial charge in [0.15, 0.2) is 0 Å². The molecule has 0 saturated heterocycles. The van der Waals surface area contributed by atoms with E-state index in [2.05, 4.69) is 0 Å². The van der Waals surface area contributed by atoms with Crippen molar-refractivity contribution in [3.8, 4) is 11.8 Å². The highest BCUT2D eigenvalue weighted by Gasteiger charge is 2.32. The minimum Gasteiger partial charge on any atom is -0.385 e. The summed E-state index contributed by atoms with van der Waals surface area (Å²) in [7, 11) is 0. The van der Waals surface area contributed by atoms with Gasteiger partial charge in [0.1, 0.15) is 11.9 Å². The summed E-state index contributed by atoms with van der Waals surface area (Å²) in [5, 5.41) is 8.36. The van der Waals surface area contributed by atoms with Gasteiger partial charge in [0.25, 0.3) is 0 Å². The van der Waals surface area contributed by atoms with Gasteiger partial charge in [0.2, 0.25) is 0 Å². The van der Waals surface area contributed by atoms with Crippen molar-refractivity contribution in [2.75, 3.05) is 5.73 Å². The van der Waals surface area contributed by atoms with Crippen molar-refractivity contribution in [3.63, 3.8) is 0 Å². The van der Waals surface area contributed by atoms with E-state index in [1.54, 1.807) is 0 Å². The Labute approximate surface area is 121 Å². The number of anilines is 1. The van der Waals surface area contributed by atoms with Crippen LogP contribution in [0.1, 0.15) is 11.1 Å². The number of nitrogens with zero attached hydrogens (tertiary/aromatic N) is 2. The lowest BCUT2D eigenvalue weighted by molar-refractivity contribution is -0.137. The number of halogens is 5. The third kappa shape index (κ3) is 2.55. The second kappa shape index (κ2) is 4.93. The lowest BCUT2D eigenvalue weighted by Crippen LogP contribution is -2.07. The highest BCUT2D eigenvalue weighted by atomic mass is 35.5. The van der Waals surface area contributed by atoms with Crippen LogP contribution in [0.15, 0.2) is 24.4 Å². The van der Waals surface area contributed by atoms with E-state index in [0.717, 1.165) is 12.1 Å². The maximum atomic E-state index is 12.6. The number of hydrogen-bond acceptors (Lipinski definition) is 2. The largest absolute Gasteiger partial charge is 0.416 e. The number of hydrogen-bond donors (Lipinski definition) is 1. The van der Waals surface area contributed by atoms with Crippen molar-refractivity contribution in [1.82, 2.24) is 4.57 Å². The highest BCUT2D eigenvalue weighted by molar-refractivity contribution is 6.38. The molecule has 1 aromatic carbocycles. The van der Waals surface area contributed by atoms with Crippen LogP contribution in [0.2, 0.25) is 10.0 Å². The highest BCUT2D eigenvalue weighted by Crippen LogP contribution is 2.38. The molecule has 0 radical (unpaired) electrons. The first-order valence-corrected chi connectivity index (χ1v) is 5.94. The molecule has 8 heteroatoms. The fraction of sp³-hybridized carbons (Fsp3) is 0.0833. The molecule has 3 nitrogen and oxygen atoms in total. The normalized spacial score (nSPS) is 11.4. The van der Waals surface area contributed by atoms with E-state index in [9.17, 15) is 13.2 Å². The van der Waals surface area contributed by atoms with Crippen molar-refractivity contribution < 1.29 is 13.2 Å². The second-order valence-electron chi connectivity index (χ2n) is 3.92. The molecule has 1 heterocycles. The molecule has 0 fully saturated rings. The van der Waals surface area contributed by atoms with E-state index in [1.165, 1.54) is 16.8 Å². The fourth-order valence-electron chi connectivity index (χ4n) is 1.69. The molecule has 2 rings (SSSR count). The lowest BCUT2D eigenvalue weighted by atomic mass is 10.2. The van der Waals surface area contributed by atoms with Gasteiger partial charge in [-0.1, -0.05) is 23.2 Å². The summed E-state index contributed by atoms with van der Waals surface area (Å²) in [6.45, 7) is 0. The number of alkyl halides is 3. The molecule has 0 spiro atoms. The van der Waals surface area contributed by atoms with E-state index in [-0.39, 0.29) is 27.1 Å².